The van der Waals surface area contributed by atoms with E-state index in [1.165, 1.54) is 18.4 Å². The van der Waals surface area contributed by atoms with Crippen molar-refractivity contribution < 1.29 is 24.2 Å². The van der Waals surface area contributed by atoms with Crippen molar-refractivity contribution in [3.8, 4) is 0 Å². The molecular formula is C13H18N2O5S. The quantitative estimate of drug-likeness (QED) is 0.788. The van der Waals surface area contributed by atoms with Gasteiger partial charge in [0.15, 0.2) is 0 Å². The summed E-state index contributed by atoms with van der Waals surface area (Å²) in [6.07, 6.45) is -0.209. The topological polar surface area (TPSA) is 89.0 Å². The number of carbonyl (C=O) groups is 2. The van der Waals surface area contributed by atoms with Crippen LogP contribution in [-0.2, 0) is 20.8 Å². The zero-order chi connectivity index (χ0) is 15.4. The third-order valence-corrected chi connectivity index (χ3v) is 4.09. The molecule has 0 aliphatic carbocycles. The molecule has 2 atom stereocenters. The monoisotopic (exact) mass is 314 g/mol. The van der Waals surface area contributed by atoms with Crippen molar-refractivity contribution in [2.24, 2.45) is 0 Å². The maximum absolute atomic E-state index is 11.7. The average Bonchev–Trinajstić information content (AvgIpc) is 3.05. The van der Waals surface area contributed by atoms with Gasteiger partial charge < -0.3 is 14.6 Å². The standard InChI is InChI=1S/C13H18N2O5S/c1-3-20-13(18)11-14-8(7-21-11)5-15-6-9(16)4-10(15)12(17)19-2/h7,9-10,16H,3-6H2,1-2H3. The summed E-state index contributed by atoms with van der Waals surface area (Å²) in [5.41, 5.74) is 0.672. The van der Waals surface area contributed by atoms with Crippen molar-refractivity contribution in [2.45, 2.75) is 32.0 Å². The summed E-state index contributed by atoms with van der Waals surface area (Å²) in [5.74, 6) is -0.813. The molecule has 21 heavy (non-hydrogen) atoms. The molecule has 0 aromatic carbocycles. The number of aromatic nitrogens is 1. The normalized spacial score (nSPS) is 22.2. The molecule has 2 heterocycles. The van der Waals surface area contributed by atoms with Crippen LogP contribution >= 0.6 is 11.3 Å². The molecule has 1 aliphatic rings. The SMILES string of the molecule is CCOC(=O)c1nc(CN2CC(O)CC2C(=O)OC)cs1. The molecule has 8 heteroatoms. The van der Waals surface area contributed by atoms with E-state index < -0.39 is 18.1 Å². The molecule has 1 fully saturated rings. The Morgan fingerprint density at radius 2 is 2.33 bits per heavy atom. The smallest absolute Gasteiger partial charge is 0.367 e. The van der Waals surface area contributed by atoms with Gasteiger partial charge in [-0.1, -0.05) is 0 Å². The van der Waals surface area contributed by atoms with E-state index in [2.05, 4.69) is 4.98 Å². The molecule has 116 valence electrons. The lowest BCUT2D eigenvalue weighted by Crippen LogP contribution is -2.36. The van der Waals surface area contributed by atoms with Crippen molar-refractivity contribution >= 4 is 23.3 Å². The lowest BCUT2D eigenvalue weighted by molar-refractivity contribution is -0.146. The summed E-state index contributed by atoms with van der Waals surface area (Å²) < 4.78 is 9.63. The summed E-state index contributed by atoms with van der Waals surface area (Å²) in [6.45, 7) is 2.80. The van der Waals surface area contributed by atoms with Crippen LogP contribution in [0.1, 0.15) is 28.8 Å². The van der Waals surface area contributed by atoms with Gasteiger partial charge in [-0.2, -0.15) is 0 Å². The van der Waals surface area contributed by atoms with Crippen molar-refractivity contribution in [3.05, 3.63) is 16.1 Å². The first-order chi connectivity index (χ1) is 10.0. The van der Waals surface area contributed by atoms with Gasteiger partial charge in [0.1, 0.15) is 6.04 Å². The number of hydrogen-bond acceptors (Lipinski definition) is 8. The van der Waals surface area contributed by atoms with Gasteiger partial charge in [-0.05, 0) is 6.92 Å². The molecule has 0 spiro atoms. The minimum Gasteiger partial charge on any atom is -0.468 e. The predicted octanol–water partition coefficient (Wildman–Crippen LogP) is 0.428. The Labute approximate surface area is 126 Å². The summed E-state index contributed by atoms with van der Waals surface area (Å²) in [5, 5.41) is 11.8. The molecule has 1 aromatic heterocycles. The lowest BCUT2D eigenvalue weighted by Gasteiger charge is -2.20. The van der Waals surface area contributed by atoms with E-state index in [0.717, 1.165) is 0 Å². The average molecular weight is 314 g/mol. The van der Waals surface area contributed by atoms with Crippen LogP contribution in [0.4, 0.5) is 0 Å². The number of likely N-dealkylation sites (tertiary alicyclic amines) is 1. The zero-order valence-electron chi connectivity index (χ0n) is 11.9. The van der Waals surface area contributed by atoms with E-state index >= 15 is 0 Å². The van der Waals surface area contributed by atoms with Gasteiger partial charge in [0, 0.05) is 24.9 Å². The third kappa shape index (κ3) is 3.78. The number of esters is 2. The van der Waals surface area contributed by atoms with Crippen LogP contribution < -0.4 is 0 Å². The minimum absolute atomic E-state index is 0.293. The third-order valence-electron chi connectivity index (χ3n) is 3.22. The van der Waals surface area contributed by atoms with Crippen LogP contribution in [0.15, 0.2) is 5.38 Å². The van der Waals surface area contributed by atoms with Crippen molar-refractivity contribution in [3.63, 3.8) is 0 Å². The second-order valence-corrected chi connectivity index (χ2v) is 5.58. The highest BCUT2D eigenvalue weighted by Gasteiger charge is 2.37. The maximum atomic E-state index is 11.7. The summed E-state index contributed by atoms with van der Waals surface area (Å²) in [4.78, 5) is 29.3. The Bertz CT molecular complexity index is 518. The second kappa shape index (κ2) is 6.97. The molecule has 0 amide bonds. The Balaban J connectivity index is 2.03. The molecule has 2 unspecified atom stereocenters. The van der Waals surface area contributed by atoms with E-state index in [0.29, 0.717) is 36.8 Å². The zero-order valence-corrected chi connectivity index (χ0v) is 12.8. The van der Waals surface area contributed by atoms with Crippen LogP contribution in [0.25, 0.3) is 0 Å². The van der Waals surface area contributed by atoms with Crippen LogP contribution in [-0.4, -0.2) is 59.3 Å². The van der Waals surface area contributed by atoms with E-state index in [9.17, 15) is 14.7 Å². The number of aliphatic hydroxyl groups excluding tert-OH is 1. The number of rotatable bonds is 5. The molecule has 0 bridgehead atoms. The predicted molar refractivity (Wildman–Crippen MR) is 74.9 cm³/mol. The van der Waals surface area contributed by atoms with E-state index in [-0.39, 0.29) is 5.97 Å². The van der Waals surface area contributed by atoms with Crippen molar-refractivity contribution in [1.29, 1.82) is 0 Å². The number of β-amino-alcohol motifs (C(OH)–C–C–N with tert-alkyl or cyclic N) is 1. The number of ether oxygens (including phenoxy) is 2. The number of hydrogen-bond donors (Lipinski definition) is 1. The van der Waals surface area contributed by atoms with Crippen LogP contribution in [0.3, 0.4) is 0 Å². The highest BCUT2D eigenvalue weighted by atomic mass is 32.1. The maximum Gasteiger partial charge on any atom is 0.367 e. The summed E-state index contributed by atoms with van der Waals surface area (Å²) in [6, 6.07) is -0.474. The van der Waals surface area contributed by atoms with Gasteiger partial charge in [0.2, 0.25) is 5.01 Å². The van der Waals surface area contributed by atoms with Gasteiger partial charge in [0.05, 0.1) is 25.5 Å². The first kappa shape index (κ1) is 15.9. The molecule has 2 rings (SSSR count). The number of nitrogens with zero attached hydrogens (tertiary/aromatic N) is 2. The number of thiazole rings is 1. The summed E-state index contributed by atoms with van der Waals surface area (Å²) >= 11 is 1.21. The Morgan fingerprint density at radius 1 is 1.57 bits per heavy atom. The fourth-order valence-corrected chi connectivity index (χ4v) is 3.01. The van der Waals surface area contributed by atoms with Gasteiger partial charge in [-0.15, -0.1) is 11.3 Å². The van der Waals surface area contributed by atoms with E-state index in [4.69, 9.17) is 9.47 Å². The summed E-state index contributed by atoms with van der Waals surface area (Å²) in [7, 11) is 1.33. The molecular weight excluding hydrogens is 296 g/mol. The van der Waals surface area contributed by atoms with Gasteiger partial charge in [-0.3, -0.25) is 9.69 Å². The number of methoxy groups -OCH3 is 1. The van der Waals surface area contributed by atoms with Crippen molar-refractivity contribution in [1.82, 2.24) is 9.88 Å². The highest BCUT2D eigenvalue weighted by Crippen LogP contribution is 2.22. The molecule has 0 radical (unpaired) electrons. The Morgan fingerprint density at radius 3 is 3.00 bits per heavy atom. The first-order valence-corrected chi connectivity index (χ1v) is 7.54. The Hall–Kier alpha value is -1.51. The fraction of sp³-hybridized carbons (Fsp3) is 0.615. The van der Waals surface area contributed by atoms with E-state index in [1.54, 1.807) is 17.2 Å². The number of aliphatic hydroxyl groups is 1. The largest absolute Gasteiger partial charge is 0.468 e. The molecule has 7 nitrogen and oxygen atoms in total. The molecule has 1 aromatic rings. The van der Waals surface area contributed by atoms with E-state index in [1.807, 2.05) is 0 Å². The lowest BCUT2D eigenvalue weighted by atomic mass is 10.2. The van der Waals surface area contributed by atoms with Crippen molar-refractivity contribution in [2.75, 3.05) is 20.3 Å². The Kier molecular flexibility index (Phi) is 5.27. The minimum atomic E-state index is -0.558. The molecule has 1 aliphatic heterocycles. The van der Waals surface area contributed by atoms with Crippen LogP contribution in [0.5, 0.6) is 0 Å². The number of carbonyl (C=O) groups excluding carboxylic acids is 2. The molecule has 0 saturated carbocycles. The first-order valence-electron chi connectivity index (χ1n) is 6.66. The van der Waals surface area contributed by atoms with Gasteiger partial charge >= 0.3 is 11.9 Å². The van der Waals surface area contributed by atoms with Gasteiger partial charge in [0.25, 0.3) is 0 Å². The molecule has 1 N–H and O–H groups in total. The van der Waals surface area contributed by atoms with Gasteiger partial charge in [-0.25, -0.2) is 9.78 Å². The fourth-order valence-electron chi connectivity index (χ4n) is 2.31. The van der Waals surface area contributed by atoms with Crippen LogP contribution in [0.2, 0.25) is 0 Å². The molecule has 1 saturated heterocycles. The highest BCUT2D eigenvalue weighted by molar-refractivity contribution is 7.11. The van der Waals surface area contributed by atoms with Crippen LogP contribution in [0, 0.1) is 0 Å². The second-order valence-electron chi connectivity index (χ2n) is 4.72.